The lowest BCUT2D eigenvalue weighted by atomic mass is 10.2. The first-order valence-corrected chi connectivity index (χ1v) is 7.59. The van der Waals surface area contributed by atoms with E-state index in [4.69, 9.17) is 14.6 Å². The van der Waals surface area contributed by atoms with Gasteiger partial charge in [-0.25, -0.2) is 9.59 Å². The number of rotatable bonds is 7. The highest BCUT2D eigenvalue weighted by Gasteiger charge is 2.20. The monoisotopic (exact) mass is 315 g/mol. The topological polar surface area (TPSA) is 76.1 Å². The molecule has 1 aromatic rings. The van der Waals surface area contributed by atoms with Gasteiger partial charge in [0.15, 0.2) is 0 Å². The number of hydrogen-bond acceptors (Lipinski definition) is 5. The van der Waals surface area contributed by atoms with E-state index in [0.717, 1.165) is 9.78 Å². The van der Waals surface area contributed by atoms with E-state index in [1.54, 1.807) is 0 Å². The fraction of sp³-hybridized carbons (Fsp3) is 0.571. The Kier molecular flexibility index (Phi) is 7.01. The number of carbonyl (C=O) groups excluding carboxylic acids is 1. The summed E-state index contributed by atoms with van der Waals surface area (Å²) >= 11 is 1.46. The molecule has 0 aliphatic rings. The van der Waals surface area contributed by atoms with Crippen molar-refractivity contribution in [2.75, 3.05) is 20.2 Å². The maximum absolute atomic E-state index is 11.7. The average molecular weight is 315 g/mol. The second-order valence-corrected chi connectivity index (χ2v) is 6.05. The summed E-state index contributed by atoms with van der Waals surface area (Å²) in [5, 5.41) is 10.7. The Morgan fingerprint density at radius 1 is 1.43 bits per heavy atom. The molecule has 0 saturated heterocycles. The van der Waals surface area contributed by atoms with Crippen LogP contribution < -0.4 is 0 Å². The Balaban J connectivity index is 2.57. The van der Waals surface area contributed by atoms with Crippen LogP contribution in [0.2, 0.25) is 0 Å². The third kappa shape index (κ3) is 6.48. The van der Waals surface area contributed by atoms with Crippen LogP contribution in [0.4, 0.5) is 9.59 Å². The molecule has 0 spiro atoms. The molecule has 1 unspecified atom stereocenters. The van der Waals surface area contributed by atoms with Crippen molar-refractivity contribution in [3.8, 4) is 0 Å². The smallest absolute Gasteiger partial charge is 0.465 e. The Hall–Kier alpha value is -1.76. The molecular formula is C14H21NO5S. The van der Waals surface area contributed by atoms with Gasteiger partial charge in [-0.3, -0.25) is 0 Å². The highest BCUT2D eigenvalue weighted by molar-refractivity contribution is 7.10. The van der Waals surface area contributed by atoms with Gasteiger partial charge in [0.05, 0.1) is 6.61 Å². The van der Waals surface area contributed by atoms with Gasteiger partial charge in [-0.2, -0.15) is 0 Å². The summed E-state index contributed by atoms with van der Waals surface area (Å²) in [6, 6.07) is 3.71. The summed E-state index contributed by atoms with van der Waals surface area (Å²) in [7, 11) is 1.48. The zero-order valence-corrected chi connectivity index (χ0v) is 13.3. The van der Waals surface area contributed by atoms with E-state index in [9.17, 15) is 9.59 Å². The van der Waals surface area contributed by atoms with Crippen molar-refractivity contribution < 1.29 is 24.2 Å². The molecule has 0 radical (unpaired) electrons. The number of carbonyl (C=O) groups is 2. The number of carboxylic acid groups (broad SMARTS) is 1. The van der Waals surface area contributed by atoms with Crippen LogP contribution in [0.15, 0.2) is 17.5 Å². The van der Waals surface area contributed by atoms with Crippen LogP contribution in [-0.4, -0.2) is 42.5 Å². The van der Waals surface area contributed by atoms with Crippen molar-refractivity contribution >= 4 is 23.6 Å². The van der Waals surface area contributed by atoms with Crippen molar-refractivity contribution in [2.24, 2.45) is 5.92 Å². The zero-order chi connectivity index (χ0) is 15.8. The van der Waals surface area contributed by atoms with Crippen LogP contribution in [0.1, 0.15) is 31.2 Å². The van der Waals surface area contributed by atoms with E-state index in [2.05, 4.69) is 0 Å². The summed E-state index contributed by atoms with van der Waals surface area (Å²) in [6.45, 7) is 4.44. The second-order valence-electron chi connectivity index (χ2n) is 5.07. The van der Waals surface area contributed by atoms with Gasteiger partial charge < -0.3 is 19.5 Å². The van der Waals surface area contributed by atoms with Crippen LogP contribution in [-0.2, 0) is 9.47 Å². The molecule has 1 atom stereocenters. The van der Waals surface area contributed by atoms with Crippen LogP contribution in [0.3, 0.4) is 0 Å². The quantitative estimate of drug-likeness (QED) is 0.778. The summed E-state index contributed by atoms with van der Waals surface area (Å²) in [5.74, 6) is 0.232. The fourth-order valence-electron chi connectivity index (χ4n) is 1.53. The molecule has 1 amide bonds. The molecule has 1 aromatic heterocycles. The van der Waals surface area contributed by atoms with Crippen molar-refractivity contribution in [2.45, 2.75) is 26.4 Å². The van der Waals surface area contributed by atoms with Gasteiger partial charge in [0, 0.05) is 24.9 Å². The van der Waals surface area contributed by atoms with E-state index in [-0.39, 0.29) is 12.5 Å². The first kappa shape index (κ1) is 17.3. The van der Waals surface area contributed by atoms with Crippen molar-refractivity contribution in [1.82, 2.24) is 4.90 Å². The lowest BCUT2D eigenvalue weighted by Gasteiger charge is -2.19. The molecule has 1 N–H and O–H groups in total. The summed E-state index contributed by atoms with van der Waals surface area (Å²) in [6.07, 6.45) is -1.84. The van der Waals surface area contributed by atoms with E-state index in [1.807, 2.05) is 31.4 Å². The maximum Gasteiger partial charge on any atom is 0.508 e. The van der Waals surface area contributed by atoms with Gasteiger partial charge in [0.2, 0.25) is 0 Å². The number of amides is 1. The standard InChI is InChI=1S/C14H21NO5S/c1-10(2)9-19-14(18)20-11(12-5-4-8-21-12)6-7-15(3)13(16)17/h4-5,8,10-11H,6-7,9H2,1-3H3,(H,16,17). The molecular weight excluding hydrogens is 294 g/mol. The van der Waals surface area contributed by atoms with Gasteiger partial charge >= 0.3 is 12.2 Å². The molecule has 1 heterocycles. The number of nitrogens with zero attached hydrogens (tertiary/aromatic N) is 1. The molecule has 0 saturated carbocycles. The first-order chi connectivity index (χ1) is 9.90. The molecule has 0 bridgehead atoms. The largest absolute Gasteiger partial charge is 0.508 e. The predicted octanol–water partition coefficient (Wildman–Crippen LogP) is 3.60. The van der Waals surface area contributed by atoms with Crippen molar-refractivity contribution in [1.29, 1.82) is 0 Å². The molecule has 0 fully saturated rings. The summed E-state index contributed by atoms with van der Waals surface area (Å²) in [5.41, 5.74) is 0. The van der Waals surface area contributed by atoms with Crippen LogP contribution in [0.5, 0.6) is 0 Å². The minimum Gasteiger partial charge on any atom is -0.465 e. The van der Waals surface area contributed by atoms with Crippen LogP contribution in [0, 0.1) is 5.92 Å². The van der Waals surface area contributed by atoms with Gasteiger partial charge in [0.25, 0.3) is 0 Å². The highest BCUT2D eigenvalue weighted by Crippen LogP contribution is 2.26. The van der Waals surface area contributed by atoms with E-state index >= 15 is 0 Å². The Labute approximate surface area is 128 Å². The summed E-state index contributed by atoms with van der Waals surface area (Å²) in [4.78, 5) is 24.5. The lowest BCUT2D eigenvalue weighted by Crippen LogP contribution is -2.27. The van der Waals surface area contributed by atoms with Crippen molar-refractivity contribution in [3.63, 3.8) is 0 Å². The Morgan fingerprint density at radius 2 is 2.14 bits per heavy atom. The van der Waals surface area contributed by atoms with Gasteiger partial charge in [-0.05, 0) is 17.4 Å². The fourth-order valence-corrected chi connectivity index (χ4v) is 2.31. The minimum atomic E-state index is -1.01. The lowest BCUT2D eigenvalue weighted by molar-refractivity contribution is 0.0134. The predicted molar refractivity (Wildman–Crippen MR) is 79.6 cm³/mol. The van der Waals surface area contributed by atoms with Crippen LogP contribution >= 0.6 is 11.3 Å². The molecule has 0 aromatic carbocycles. The molecule has 118 valence electrons. The van der Waals surface area contributed by atoms with Crippen molar-refractivity contribution in [3.05, 3.63) is 22.4 Å². The minimum absolute atomic E-state index is 0.232. The van der Waals surface area contributed by atoms with Gasteiger partial charge in [0.1, 0.15) is 6.10 Å². The molecule has 0 aliphatic carbocycles. The average Bonchev–Trinajstić information content (AvgIpc) is 2.94. The third-order valence-electron chi connectivity index (χ3n) is 2.69. The summed E-state index contributed by atoms with van der Waals surface area (Å²) < 4.78 is 10.3. The Bertz CT molecular complexity index is 446. The van der Waals surface area contributed by atoms with E-state index in [0.29, 0.717) is 13.0 Å². The van der Waals surface area contributed by atoms with Gasteiger partial charge in [-0.15, -0.1) is 11.3 Å². The second kappa shape index (κ2) is 8.51. The molecule has 0 aliphatic heterocycles. The Morgan fingerprint density at radius 3 is 2.67 bits per heavy atom. The number of ether oxygens (including phenoxy) is 2. The first-order valence-electron chi connectivity index (χ1n) is 6.71. The van der Waals surface area contributed by atoms with Gasteiger partial charge in [-0.1, -0.05) is 19.9 Å². The van der Waals surface area contributed by atoms with Crippen LogP contribution in [0.25, 0.3) is 0 Å². The highest BCUT2D eigenvalue weighted by atomic mass is 32.1. The molecule has 7 heteroatoms. The number of hydrogen-bond donors (Lipinski definition) is 1. The third-order valence-corrected chi connectivity index (χ3v) is 3.65. The molecule has 1 rings (SSSR count). The molecule has 6 nitrogen and oxygen atoms in total. The zero-order valence-electron chi connectivity index (χ0n) is 12.4. The SMILES string of the molecule is CC(C)COC(=O)OC(CCN(C)C(=O)O)c1cccs1. The number of thiophene rings is 1. The normalized spacial score (nSPS) is 12.0. The van der Waals surface area contributed by atoms with E-state index in [1.165, 1.54) is 18.4 Å². The molecule has 21 heavy (non-hydrogen) atoms. The van der Waals surface area contributed by atoms with E-state index < -0.39 is 18.4 Å². The maximum atomic E-state index is 11.7.